The summed E-state index contributed by atoms with van der Waals surface area (Å²) in [6.45, 7) is 5.15. The number of hydrogen-bond donors (Lipinski definition) is 0. The first-order valence-corrected chi connectivity index (χ1v) is 11.6. The van der Waals surface area contributed by atoms with Crippen molar-refractivity contribution in [2.24, 2.45) is 5.10 Å². The van der Waals surface area contributed by atoms with E-state index < -0.39 is 22.6 Å². The third kappa shape index (κ3) is 5.33. The lowest BCUT2D eigenvalue weighted by atomic mass is 10.1. The number of nitro benzene ring substituents is 1. The number of benzene rings is 2. The van der Waals surface area contributed by atoms with Crippen LogP contribution in [0.25, 0.3) is 10.9 Å². The predicted octanol–water partition coefficient (Wildman–Crippen LogP) is 4.78. The second-order valence-electron chi connectivity index (χ2n) is 7.53. The molecule has 0 saturated carbocycles. The lowest BCUT2D eigenvalue weighted by Gasteiger charge is -2.15. The summed E-state index contributed by atoms with van der Waals surface area (Å²) in [7, 11) is 1.19. The Labute approximate surface area is 211 Å². The van der Waals surface area contributed by atoms with E-state index >= 15 is 0 Å². The van der Waals surface area contributed by atoms with Gasteiger partial charge in [-0.25, -0.2) is 9.78 Å². The van der Waals surface area contributed by atoms with Gasteiger partial charge in [-0.2, -0.15) is 9.78 Å². The van der Waals surface area contributed by atoms with Gasteiger partial charge in [-0.1, -0.05) is 45.7 Å². The van der Waals surface area contributed by atoms with E-state index in [1.54, 1.807) is 18.2 Å². The average Bonchev–Trinajstić information content (AvgIpc) is 2.78. The van der Waals surface area contributed by atoms with Crippen molar-refractivity contribution in [3.05, 3.63) is 71.1 Å². The predicted molar refractivity (Wildman–Crippen MR) is 134 cm³/mol. The summed E-state index contributed by atoms with van der Waals surface area (Å²) in [4.78, 5) is 40.7. The van der Waals surface area contributed by atoms with E-state index in [9.17, 15) is 19.7 Å². The minimum atomic E-state index is -1.12. The maximum atomic E-state index is 13.2. The molecule has 34 heavy (non-hydrogen) atoms. The van der Waals surface area contributed by atoms with Gasteiger partial charge >= 0.3 is 11.7 Å². The van der Waals surface area contributed by atoms with E-state index in [0.717, 1.165) is 4.68 Å². The SMILES string of the molecule is COC(=O)[C@H](C)Oc1c(C=Nn2c(C(C)C)nc3ccc(Br)cc3c2=O)cc(Br)cc1[N+](=O)[O-]. The van der Waals surface area contributed by atoms with Crippen LogP contribution in [0.4, 0.5) is 5.69 Å². The van der Waals surface area contributed by atoms with Crippen LogP contribution in [0, 0.1) is 10.1 Å². The van der Waals surface area contributed by atoms with Crippen molar-refractivity contribution >= 4 is 60.6 Å². The first-order valence-electron chi connectivity index (χ1n) is 10.0. The average molecular weight is 596 g/mol. The molecule has 10 nitrogen and oxygen atoms in total. The summed E-state index contributed by atoms with van der Waals surface area (Å²) >= 11 is 6.60. The van der Waals surface area contributed by atoms with Crippen LogP contribution in [0.3, 0.4) is 0 Å². The largest absolute Gasteiger partial charge is 0.471 e. The van der Waals surface area contributed by atoms with Gasteiger partial charge in [0.25, 0.3) is 5.56 Å². The maximum absolute atomic E-state index is 13.2. The number of nitro groups is 1. The van der Waals surface area contributed by atoms with Crippen LogP contribution in [0.1, 0.15) is 38.1 Å². The van der Waals surface area contributed by atoms with E-state index in [2.05, 4.69) is 46.7 Å². The molecule has 1 aromatic heterocycles. The topological polar surface area (TPSA) is 126 Å². The zero-order chi connectivity index (χ0) is 25.2. The van der Waals surface area contributed by atoms with Gasteiger partial charge in [0.05, 0.1) is 29.2 Å². The van der Waals surface area contributed by atoms with Gasteiger partial charge in [0.2, 0.25) is 5.75 Å². The number of fused-ring (bicyclic) bond motifs is 1. The summed E-state index contributed by atoms with van der Waals surface area (Å²) in [5.41, 5.74) is -0.0881. The van der Waals surface area contributed by atoms with Gasteiger partial charge in [0.15, 0.2) is 6.10 Å². The summed E-state index contributed by atoms with van der Waals surface area (Å²) in [6.07, 6.45) is 0.140. The Morgan fingerprint density at radius 2 is 1.91 bits per heavy atom. The number of hydrogen-bond acceptors (Lipinski definition) is 8. The quantitative estimate of drug-likeness (QED) is 0.166. The van der Waals surface area contributed by atoms with Gasteiger partial charge in [0, 0.05) is 26.5 Å². The van der Waals surface area contributed by atoms with E-state index in [0.29, 0.717) is 25.7 Å². The Balaban J connectivity index is 2.22. The second-order valence-corrected chi connectivity index (χ2v) is 9.36. The van der Waals surface area contributed by atoms with Crippen molar-refractivity contribution in [3.63, 3.8) is 0 Å². The fourth-order valence-electron chi connectivity index (χ4n) is 3.12. The monoisotopic (exact) mass is 594 g/mol. The van der Waals surface area contributed by atoms with Crippen molar-refractivity contribution in [3.8, 4) is 5.75 Å². The van der Waals surface area contributed by atoms with Gasteiger partial charge < -0.3 is 9.47 Å². The Morgan fingerprint density at radius 1 is 1.21 bits per heavy atom. The number of ether oxygens (including phenoxy) is 2. The molecular weight excluding hydrogens is 576 g/mol. The van der Waals surface area contributed by atoms with Crippen molar-refractivity contribution in [1.82, 2.24) is 9.66 Å². The number of methoxy groups -OCH3 is 1. The molecule has 1 atom stereocenters. The molecule has 0 saturated heterocycles. The molecule has 0 aliphatic rings. The molecular formula is C22H20Br2N4O6. The number of carbonyl (C=O) groups is 1. The van der Waals surface area contributed by atoms with Crippen LogP contribution in [0.5, 0.6) is 5.75 Å². The molecule has 0 aliphatic carbocycles. The fourth-order valence-corrected chi connectivity index (χ4v) is 3.95. The molecule has 0 amide bonds. The third-order valence-electron chi connectivity index (χ3n) is 4.75. The first-order chi connectivity index (χ1) is 16.0. The molecule has 3 rings (SSSR count). The van der Waals surface area contributed by atoms with Crippen molar-refractivity contribution in [1.29, 1.82) is 0 Å². The summed E-state index contributed by atoms with van der Waals surface area (Å²) in [5, 5.41) is 16.3. The van der Waals surface area contributed by atoms with Crippen molar-refractivity contribution in [2.45, 2.75) is 32.8 Å². The van der Waals surface area contributed by atoms with Crippen LogP contribution in [-0.2, 0) is 9.53 Å². The van der Waals surface area contributed by atoms with Crippen LogP contribution in [0.2, 0.25) is 0 Å². The van der Waals surface area contributed by atoms with Gasteiger partial charge in [0.1, 0.15) is 5.82 Å². The van der Waals surface area contributed by atoms with E-state index in [4.69, 9.17) is 4.74 Å². The number of esters is 1. The van der Waals surface area contributed by atoms with Crippen LogP contribution in [-0.4, -0.2) is 40.0 Å². The summed E-state index contributed by atoms with van der Waals surface area (Å²) < 4.78 is 12.5. The highest BCUT2D eigenvalue weighted by atomic mass is 79.9. The zero-order valence-corrected chi connectivity index (χ0v) is 21.8. The number of carbonyl (C=O) groups excluding carboxylic acids is 1. The highest BCUT2D eigenvalue weighted by molar-refractivity contribution is 9.10. The van der Waals surface area contributed by atoms with E-state index in [1.807, 2.05) is 13.8 Å². The fraction of sp³-hybridized carbons (Fsp3) is 0.273. The maximum Gasteiger partial charge on any atom is 0.346 e. The van der Waals surface area contributed by atoms with Crippen molar-refractivity contribution in [2.75, 3.05) is 7.11 Å². The second kappa shape index (κ2) is 10.4. The lowest BCUT2D eigenvalue weighted by molar-refractivity contribution is -0.386. The van der Waals surface area contributed by atoms with Gasteiger partial charge in [-0.15, -0.1) is 0 Å². The highest BCUT2D eigenvalue weighted by Gasteiger charge is 2.25. The molecule has 0 spiro atoms. The summed E-state index contributed by atoms with van der Waals surface area (Å²) in [6, 6.07) is 7.95. The highest BCUT2D eigenvalue weighted by Crippen LogP contribution is 2.35. The smallest absolute Gasteiger partial charge is 0.346 e. The normalized spacial score (nSPS) is 12.3. The van der Waals surface area contributed by atoms with E-state index in [1.165, 1.54) is 32.4 Å². The van der Waals surface area contributed by atoms with Crippen LogP contribution < -0.4 is 10.3 Å². The van der Waals surface area contributed by atoms with Gasteiger partial charge in [-0.05, 0) is 31.2 Å². The number of nitrogens with zero attached hydrogens (tertiary/aromatic N) is 4. The molecule has 0 aliphatic heterocycles. The van der Waals surface area contributed by atoms with E-state index in [-0.39, 0.29) is 22.9 Å². The lowest BCUT2D eigenvalue weighted by Crippen LogP contribution is -2.26. The Morgan fingerprint density at radius 3 is 2.53 bits per heavy atom. The third-order valence-corrected chi connectivity index (χ3v) is 5.70. The van der Waals surface area contributed by atoms with Crippen LogP contribution >= 0.6 is 31.9 Å². The first kappa shape index (κ1) is 25.5. The minimum Gasteiger partial charge on any atom is -0.471 e. The molecule has 0 N–H and O–H groups in total. The number of rotatable bonds is 7. The zero-order valence-electron chi connectivity index (χ0n) is 18.6. The Bertz CT molecular complexity index is 1370. The molecule has 12 heteroatoms. The molecule has 0 bridgehead atoms. The van der Waals surface area contributed by atoms with Crippen LogP contribution in [0.15, 0.2) is 49.2 Å². The molecule has 1 heterocycles. The molecule has 0 fully saturated rings. The Hall–Kier alpha value is -3.12. The molecule has 3 aromatic rings. The molecule has 0 radical (unpaired) electrons. The Kier molecular flexibility index (Phi) is 7.82. The van der Waals surface area contributed by atoms with Gasteiger partial charge in [-0.3, -0.25) is 14.9 Å². The molecule has 178 valence electrons. The standard InChI is InChI=1S/C22H20Br2N4O6/c1-11(2)20-26-17-6-5-14(23)8-16(17)21(29)27(20)25-10-13-7-15(24)9-18(28(31)32)19(13)34-12(3)22(30)33-4/h5-12H,1-4H3/t12-/m0/s1. The molecule has 2 aromatic carbocycles. The van der Waals surface area contributed by atoms with Crippen molar-refractivity contribution < 1.29 is 19.2 Å². The minimum absolute atomic E-state index is 0.148. The number of halogens is 2. The molecule has 0 unspecified atom stereocenters. The number of aromatic nitrogens is 2. The summed E-state index contributed by atoms with van der Waals surface area (Å²) in [5.74, 6) is -0.635.